The highest BCUT2D eigenvalue weighted by atomic mass is 16.2. The highest BCUT2D eigenvalue weighted by Gasteiger charge is 2.19. The second-order valence-corrected chi connectivity index (χ2v) is 2.05. The quantitative estimate of drug-likeness (QED) is 0.322. The molecule has 0 aromatic heterocycles. The van der Waals surface area contributed by atoms with Gasteiger partial charge in [-0.05, 0) is 0 Å². The third-order valence-electron chi connectivity index (χ3n) is 1.52. The number of carbonyl (C=O) groups excluding carboxylic acids is 1. The minimum absolute atomic E-state index is 0.215. The van der Waals surface area contributed by atoms with Gasteiger partial charge in [0.05, 0.1) is 0 Å². The Balaban J connectivity index is 2.56. The Bertz CT molecular complexity index is 118. The van der Waals surface area contributed by atoms with Crippen molar-refractivity contribution in [3.8, 4) is 0 Å². The maximum atomic E-state index is 10.7. The highest BCUT2D eigenvalue weighted by molar-refractivity contribution is 6.18. The molecule has 1 heterocycles. The van der Waals surface area contributed by atoms with Gasteiger partial charge in [-0.25, -0.2) is 0 Å². The summed E-state index contributed by atoms with van der Waals surface area (Å²) >= 11 is 0. The van der Waals surface area contributed by atoms with Crippen molar-refractivity contribution in [2.75, 3.05) is 6.54 Å². The molecule has 0 radical (unpaired) electrons. The van der Waals surface area contributed by atoms with Crippen LogP contribution in [0, 0.1) is 0 Å². The zero-order chi connectivity index (χ0) is 6.15. The Morgan fingerprint density at radius 2 is 2.12 bits per heavy atom. The van der Waals surface area contributed by atoms with Crippen LogP contribution in [0.5, 0.6) is 0 Å². The van der Waals surface area contributed by atoms with Gasteiger partial charge >= 0.3 is 0 Å². The second-order valence-electron chi connectivity index (χ2n) is 2.05. The molecule has 0 spiro atoms. The SMILES string of the molecule is BN1CCC(=O)N1B. The van der Waals surface area contributed by atoms with E-state index in [9.17, 15) is 4.79 Å². The van der Waals surface area contributed by atoms with Crippen molar-refractivity contribution in [1.29, 1.82) is 0 Å². The van der Waals surface area contributed by atoms with Gasteiger partial charge in [-0.2, -0.15) is 0 Å². The normalized spacial score (nSPS) is 22.5. The molecule has 0 bridgehead atoms. The van der Waals surface area contributed by atoms with E-state index in [4.69, 9.17) is 0 Å². The van der Waals surface area contributed by atoms with Crippen molar-refractivity contribution in [2.45, 2.75) is 6.42 Å². The molecular formula is C3H8B2N2O. The summed E-state index contributed by atoms with van der Waals surface area (Å²) in [6.07, 6.45) is 0.674. The first kappa shape index (κ1) is 5.69. The first-order valence-electron chi connectivity index (χ1n) is 2.69. The predicted molar refractivity (Wildman–Crippen MR) is 35.3 cm³/mol. The van der Waals surface area contributed by atoms with Gasteiger partial charge in [-0.15, -0.1) is 0 Å². The number of hydrogen-bond donors (Lipinski definition) is 0. The summed E-state index contributed by atoms with van der Waals surface area (Å²) in [6, 6.07) is 0. The van der Waals surface area contributed by atoms with Gasteiger partial charge in [-0.1, -0.05) is 0 Å². The lowest BCUT2D eigenvalue weighted by Crippen LogP contribution is -2.34. The fourth-order valence-electron chi connectivity index (χ4n) is 0.760. The Hall–Kier alpha value is -0.440. The van der Waals surface area contributed by atoms with Crippen LogP contribution >= 0.6 is 0 Å². The van der Waals surface area contributed by atoms with E-state index in [1.807, 2.05) is 12.9 Å². The van der Waals surface area contributed by atoms with E-state index < -0.39 is 0 Å². The van der Waals surface area contributed by atoms with Crippen molar-refractivity contribution in [1.82, 2.24) is 9.84 Å². The van der Waals surface area contributed by atoms with E-state index in [0.29, 0.717) is 6.42 Å². The first-order valence-corrected chi connectivity index (χ1v) is 2.69. The largest absolute Gasteiger partial charge is 0.342 e. The lowest BCUT2D eigenvalue weighted by molar-refractivity contribution is -0.127. The standard InChI is InChI=1S/C3H8B2N2O/c4-6-2-1-3(8)7(6)5/h1-2,4-5H2. The summed E-state index contributed by atoms with van der Waals surface area (Å²) in [5.74, 6) is 0.215. The van der Waals surface area contributed by atoms with E-state index in [0.717, 1.165) is 6.54 Å². The molecule has 1 amide bonds. The minimum Gasteiger partial charge on any atom is -0.342 e. The van der Waals surface area contributed by atoms with Crippen LogP contribution in [0.3, 0.4) is 0 Å². The zero-order valence-electron chi connectivity index (χ0n) is 5.22. The molecule has 0 aromatic rings. The second kappa shape index (κ2) is 1.82. The van der Waals surface area contributed by atoms with Crippen LogP contribution in [0.15, 0.2) is 0 Å². The van der Waals surface area contributed by atoms with Gasteiger partial charge in [0.15, 0.2) is 0 Å². The maximum absolute atomic E-state index is 10.7. The number of rotatable bonds is 0. The van der Waals surface area contributed by atoms with E-state index in [2.05, 4.69) is 0 Å². The molecule has 0 saturated carbocycles. The van der Waals surface area contributed by atoms with Crippen LogP contribution in [-0.4, -0.2) is 38.3 Å². The molecule has 0 N–H and O–H groups in total. The van der Waals surface area contributed by atoms with Gasteiger partial charge < -0.3 is 4.92 Å². The number of hydrazine groups is 1. The van der Waals surface area contributed by atoms with Gasteiger partial charge in [0.1, 0.15) is 0 Å². The Morgan fingerprint density at radius 1 is 1.50 bits per heavy atom. The summed E-state index contributed by atoms with van der Waals surface area (Å²) in [5.41, 5.74) is 0. The van der Waals surface area contributed by atoms with E-state index >= 15 is 0 Å². The van der Waals surface area contributed by atoms with Crippen molar-refractivity contribution in [3.05, 3.63) is 0 Å². The van der Waals surface area contributed by atoms with E-state index in [-0.39, 0.29) is 5.91 Å². The predicted octanol–water partition coefficient (Wildman–Crippen LogP) is -2.47. The molecule has 5 heteroatoms. The maximum Gasteiger partial charge on any atom is 0.242 e. The van der Waals surface area contributed by atoms with Crippen molar-refractivity contribution >= 4 is 21.9 Å². The molecule has 42 valence electrons. The minimum atomic E-state index is 0.215. The van der Waals surface area contributed by atoms with Gasteiger partial charge in [0, 0.05) is 13.0 Å². The van der Waals surface area contributed by atoms with Crippen LogP contribution in [0.25, 0.3) is 0 Å². The van der Waals surface area contributed by atoms with E-state index in [1.165, 1.54) is 0 Å². The monoisotopic (exact) mass is 110 g/mol. The Labute approximate surface area is 50.5 Å². The van der Waals surface area contributed by atoms with Gasteiger partial charge in [0.25, 0.3) is 0 Å². The molecule has 0 unspecified atom stereocenters. The van der Waals surface area contributed by atoms with Crippen LogP contribution < -0.4 is 0 Å². The molecule has 1 aliphatic rings. The zero-order valence-corrected chi connectivity index (χ0v) is 5.22. The number of hydrogen-bond acceptors (Lipinski definition) is 2. The van der Waals surface area contributed by atoms with Crippen molar-refractivity contribution in [3.63, 3.8) is 0 Å². The third kappa shape index (κ3) is 0.733. The summed E-state index contributed by atoms with van der Waals surface area (Å²) < 4.78 is 0. The van der Waals surface area contributed by atoms with Gasteiger partial charge in [-0.3, -0.25) is 9.71 Å². The fraction of sp³-hybridized carbons (Fsp3) is 0.667. The molecule has 1 aliphatic heterocycles. The molecule has 0 aliphatic carbocycles. The molecule has 3 nitrogen and oxygen atoms in total. The van der Waals surface area contributed by atoms with Crippen molar-refractivity contribution < 1.29 is 4.79 Å². The molecule has 1 saturated heterocycles. The lowest BCUT2D eigenvalue weighted by atomic mass is 10.3. The molecule has 1 rings (SSSR count). The number of amides is 1. The van der Waals surface area contributed by atoms with Crippen LogP contribution in [0.1, 0.15) is 6.42 Å². The molecular weight excluding hydrogens is 102 g/mol. The summed E-state index contributed by atoms with van der Waals surface area (Å²) in [7, 11) is 3.69. The summed E-state index contributed by atoms with van der Waals surface area (Å²) in [6.45, 7) is 0.870. The van der Waals surface area contributed by atoms with Crippen LogP contribution in [0.2, 0.25) is 0 Å². The van der Waals surface area contributed by atoms with Crippen LogP contribution in [0.4, 0.5) is 0 Å². The topological polar surface area (TPSA) is 23.6 Å². The Morgan fingerprint density at radius 3 is 2.25 bits per heavy atom. The Kier molecular flexibility index (Phi) is 1.29. The first-order chi connectivity index (χ1) is 3.72. The molecule has 8 heavy (non-hydrogen) atoms. The number of carbonyl (C=O) groups is 1. The smallest absolute Gasteiger partial charge is 0.242 e. The lowest BCUT2D eigenvalue weighted by Gasteiger charge is -2.19. The molecule has 1 fully saturated rings. The average Bonchev–Trinajstić information content (AvgIpc) is 1.98. The van der Waals surface area contributed by atoms with Crippen molar-refractivity contribution in [2.24, 2.45) is 0 Å². The summed E-state index contributed by atoms with van der Waals surface area (Å²) in [5, 5.41) is 0. The van der Waals surface area contributed by atoms with Gasteiger partial charge in [0.2, 0.25) is 21.9 Å². The summed E-state index contributed by atoms with van der Waals surface area (Å²) in [4.78, 5) is 14.2. The highest BCUT2D eigenvalue weighted by Crippen LogP contribution is 2.03. The fourth-order valence-corrected chi connectivity index (χ4v) is 0.760. The number of nitrogens with zero attached hydrogens (tertiary/aromatic N) is 2. The molecule has 0 atom stereocenters. The third-order valence-corrected chi connectivity index (χ3v) is 1.52. The van der Waals surface area contributed by atoms with E-state index in [1.54, 1.807) is 12.9 Å². The molecule has 0 aromatic carbocycles. The van der Waals surface area contributed by atoms with Crippen LogP contribution in [-0.2, 0) is 4.79 Å². The average molecular weight is 110 g/mol.